The summed E-state index contributed by atoms with van der Waals surface area (Å²) in [6, 6.07) is 0. The number of carbonyl (C=O) groups excluding carboxylic acids is 1. The van der Waals surface area contributed by atoms with E-state index in [0.717, 1.165) is 44.9 Å². The Bertz CT molecular complexity index is 491. The zero-order chi connectivity index (χ0) is 27.2. The van der Waals surface area contributed by atoms with Gasteiger partial charge in [-0.05, 0) is 38.5 Å². The fourth-order valence-electron chi connectivity index (χ4n) is 5.13. The lowest BCUT2D eigenvalue weighted by Crippen LogP contribution is -2.18. The van der Waals surface area contributed by atoms with Crippen LogP contribution in [-0.2, 0) is 14.3 Å². The van der Waals surface area contributed by atoms with Gasteiger partial charge in [0.25, 0.3) is 0 Å². The second-order valence-electron chi connectivity index (χ2n) is 11.4. The predicted octanol–water partition coefficient (Wildman–Crippen LogP) is 10.9. The van der Waals surface area contributed by atoms with E-state index in [4.69, 9.17) is 9.84 Å². The molecule has 0 aromatic carbocycles. The molecule has 0 radical (unpaired) electrons. The van der Waals surface area contributed by atoms with Crippen LogP contribution in [0.2, 0.25) is 0 Å². The third kappa shape index (κ3) is 29.4. The van der Waals surface area contributed by atoms with Crippen LogP contribution in [0, 0.1) is 0 Å². The monoisotopic (exact) mass is 524 g/mol. The third-order valence-corrected chi connectivity index (χ3v) is 7.58. The standard InChI is InChI=1S/C33H64O4/c1-3-5-7-9-11-12-13-14-15-16-17-18-19-21-26-30-33(36)37-31(27-23-20-10-8-6-4-2)28-24-22-25-29-32(34)35/h31H,3-30H2,1-2H3,(H,34,35). The third-order valence-electron chi connectivity index (χ3n) is 7.58. The summed E-state index contributed by atoms with van der Waals surface area (Å²) < 4.78 is 5.87. The van der Waals surface area contributed by atoms with Gasteiger partial charge in [-0.3, -0.25) is 9.59 Å². The Morgan fingerprint density at radius 3 is 1.22 bits per heavy atom. The minimum Gasteiger partial charge on any atom is -0.481 e. The van der Waals surface area contributed by atoms with Gasteiger partial charge in [0.2, 0.25) is 0 Å². The predicted molar refractivity (Wildman–Crippen MR) is 158 cm³/mol. The highest BCUT2D eigenvalue weighted by molar-refractivity contribution is 5.69. The first-order valence-electron chi connectivity index (χ1n) is 16.5. The highest BCUT2D eigenvalue weighted by atomic mass is 16.5. The summed E-state index contributed by atoms with van der Waals surface area (Å²) in [5.74, 6) is -0.755. The number of aliphatic carboxylic acids is 1. The number of unbranched alkanes of at least 4 members (excludes halogenated alkanes) is 21. The van der Waals surface area contributed by atoms with Gasteiger partial charge in [0.1, 0.15) is 6.10 Å². The van der Waals surface area contributed by atoms with E-state index < -0.39 is 5.97 Å². The first kappa shape index (κ1) is 35.9. The summed E-state index contributed by atoms with van der Waals surface area (Å²) in [6.45, 7) is 4.51. The molecule has 220 valence electrons. The van der Waals surface area contributed by atoms with Crippen molar-refractivity contribution in [2.24, 2.45) is 0 Å². The van der Waals surface area contributed by atoms with Gasteiger partial charge in [0.05, 0.1) is 0 Å². The first-order valence-corrected chi connectivity index (χ1v) is 16.5. The van der Waals surface area contributed by atoms with Gasteiger partial charge in [0, 0.05) is 12.8 Å². The molecule has 0 saturated heterocycles. The van der Waals surface area contributed by atoms with Gasteiger partial charge >= 0.3 is 11.9 Å². The number of rotatable bonds is 30. The van der Waals surface area contributed by atoms with Crippen molar-refractivity contribution in [2.45, 2.75) is 200 Å². The van der Waals surface area contributed by atoms with E-state index in [9.17, 15) is 9.59 Å². The first-order chi connectivity index (χ1) is 18.1. The molecule has 0 saturated carbocycles. The van der Waals surface area contributed by atoms with Crippen LogP contribution in [0.25, 0.3) is 0 Å². The Morgan fingerprint density at radius 1 is 0.486 bits per heavy atom. The maximum absolute atomic E-state index is 12.4. The Kier molecular flexibility index (Phi) is 28.7. The van der Waals surface area contributed by atoms with E-state index in [0.29, 0.717) is 12.8 Å². The fraction of sp³-hybridized carbons (Fsp3) is 0.939. The van der Waals surface area contributed by atoms with Crippen molar-refractivity contribution in [3.63, 3.8) is 0 Å². The highest BCUT2D eigenvalue weighted by Gasteiger charge is 2.14. The second-order valence-corrected chi connectivity index (χ2v) is 11.4. The molecule has 0 aliphatic heterocycles. The fourth-order valence-corrected chi connectivity index (χ4v) is 5.13. The number of carboxylic acids is 1. The number of carboxylic acid groups (broad SMARTS) is 1. The molecule has 4 nitrogen and oxygen atoms in total. The van der Waals surface area contributed by atoms with E-state index in [1.165, 1.54) is 116 Å². The van der Waals surface area contributed by atoms with Crippen molar-refractivity contribution in [3.8, 4) is 0 Å². The zero-order valence-electron chi connectivity index (χ0n) is 25.0. The molecule has 0 aromatic heterocycles. The smallest absolute Gasteiger partial charge is 0.306 e. The van der Waals surface area contributed by atoms with Crippen LogP contribution in [0.5, 0.6) is 0 Å². The van der Waals surface area contributed by atoms with E-state index in [1.54, 1.807) is 0 Å². The van der Waals surface area contributed by atoms with Crippen molar-refractivity contribution in [3.05, 3.63) is 0 Å². The van der Waals surface area contributed by atoms with Crippen molar-refractivity contribution in [2.75, 3.05) is 0 Å². The van der Waals surface area contributed by atoms with Crippen molar-refractivity contribution in [1.29, 1.82) is 0 Å². The summed E-state index contributed by atoms with van der Waals surface area (Å²) in [5, 5.41) is 8.81. The summed E-state index contributed by atoms with van der Waals surface area (Å²) in [4.78, 5) is 23.1. The molecular formula is C33H64O4. The number of esters is 1. The summed E-state index contributed by atoms with van der Waals surface area (Å²) in [6.07, 6.45) is 32.6. The largest absolute Gasteiger partial charge is 0.481 e. The molecule has 0 rings (SSSR count). The number of hydrogen-bond donors (Lipinski definition) is 1. The molecule has 1 unspecified atom stereocenters. The van der Waals surface area contributed by atoms with E-state index >= 15 is 0 Å². The van der Waals surface area contributed by atoms with Crippen LogP contribution in [-0.4, -0.2) is 23.1 Å². The summed E-state index contributed by atoms with van der Waals surface area (Å²) in [5.41, 5.74) is 0. The van der Waals surface area contributed by atoms with Crippen molar-refractivity contribution >= 4 is 11.9 Å². The molecule has 0 spiro atoms. The highest BCUT2D eigenvalue weighted by Crippen LogP contribution is 2.18. The van der Waals surface area contributed by atoms with Gasteiger partial charge in [-0.1, -0.05) is 142 Å². The van der Waals surface area contributed by atoms with Crippen LogP contribution in [0.3, 0.4) is 0 Å². The minimum atomic E-state index is -0.724. The van der Waals surface area contributed by atoms with E-state index in [-0.39, 0.29) is 18.5 Å². The van der Waals surface area contributed by atoms with Crippen LogP contribution in [0.4, 0.5) is 0 Å². The van der Waals surface area contributed by atoms with Crippen LogP contribution >= 0.6 is 0 Å². The number of hydrogen-bond acceptors (Lipinski definition) is 3. The molecular weight excluding hydrogens is 460 g/mol. The lowest BCUT2D eigenvalue weighted by molar-refractivity contribution is -0.150. The molecule has 1 N–H and O–H groups in total. The van der Waals surface area contributed by atoms with Gasteiger partial charge in [-0.25, -0.2) is 0 Å². The topological polar surface area (TPSA) is 63.6 Å². The van der Waals surface area contributed by atoms with Crippen molar-refractivity contribution < 1.29 is 19.4 Å². The summed E-state index contributed by atoms with van der Waals surface area (Å²) >= 11 is 0. The van der Waals surface area contributed by atoms with Gasteiger partial charge in [-0.15, -0.1) is 0 Å². The average molecular weight is 525 g/mol. The zero-order valence-corrected chi connectivity index (χ0v) is 25.0. The molecule has 0 bridgehead atoms. The lowest BCUT2D eigenvalue weighted by Gasteiger charge is -2.18. The minimum absolute atomic E-state index is 0.0137. The molecule has 0 amide bonds. The van der Waals surface area contributed by atoms with E-state index in [2.05, 4.69) is 13.8 Å². The molecule has 37 heavy (non-hydrogen) atoms. The lowest BCUT2D eigenvalue weighted by atomic mass is 10.0. The van der Waals surface area contributed by atoms with Crippen LogP contribution < -0.4 is 0 Å². The SMILES string of the molecule is CCCCCCCCCCCCCCCCCC(=O)OC(CCCCCCCC)CCCCCC(=O)O. The normalized spacial score (nSPS) is 12.1. The number of carbonyl (C=O) groups is 2. The Hall–Kier alpha value is -1.06. The second kappa shape index (κ2) is 29.5. The molecule has 0 aliphatic carbocycles. The summed E-state index contributed by atoms with van der Waals surface area (Å²) in [7, 11) is 0. The molecule has 0 aliphatic rings. The van der Waals surface area contributed by atoms with Crippen molar-refractivity contribution in [1.82, 2.24) is 0 Å². The maximum atomic E-state index is 12.4. The van der Waals surface area contributed by atoms with Gasteiger partial charge in [-0.2, -0.15) is 0 Å². The van der Waals surface area contributed by atoms with Crippen LogP contribution in [0.1, 0.15) is 194 Å². The average Bonchev–Trinajstić information content (AvgIpc) is 2.87. The molecule has 4 heteroatoms. The Labute approximate surface area is 231 Å². The number of ether oxygens (including phenoxy) is 1. The Morgan fingerprint density at radius 2 is 0.811 bits per heavy atom. The van der Waals surface area contributed by atoms with Gasteiger partial charge < -0.3 is 9.84 Å². The maximum Gasteiger partial charge on any atom is 0.306 e. The van der Waals surface area contributed by atoms with Crippen LogP contribution in [0.15, 0.2) is 0 Å². The van der Waals surface area contributed by atoms with Gasteiger partial charge in [0.15, 0.2) is 0 Å². The molecule has 0 fully saturated rings. The van der Waals surface area contributed by atoms with E-state index in [1.807, 2.05) is 0 Å². The Balaban J connectivity index is 3.80. The molecule has 0 heterocycles. The molecule has 1 atom stereocenters. The quantitative estimate of drug-likeness (QED) is 0.0749. The molecule has 0 aromatic rings.